The Labute approximate surface area is 218 Å². The van der Waals surface area contributed by atoms with Crippen LogP contribution in [0.2, 0.25) is 0 Å². The van der Waals surface area contributed by atoms with Crippen LogP contribution in [0.4, 0.5) is 5.69 Å². The SMILES string of the molecule is CCC[N+](CCO)=C1C=CC(=C(c2ccc(N(CCO)CCO)cc2)c2ccccc2S(=O)(=O)[O-])C=C1. The van der Waals surface area contributed by atoms with Crippen LogP contribution in [0.15, 0.2) is 83.3 Å². The van der Waals surface area contributed by atoms with Crippen LogP contribution >= 0.6 is 0 Å². The first kappa shape index (κ1) is 28.5. The van der Waals surface area contributed by atoms with Crippen molar-refractivity contribution in [3.63, 3.8) is 0 Å². The quantitative estimate of drug-likeness (QED) is 0.286. The molecule has 0 aliphatic heterocycles. The van der Waals surface area contributed by atoms with E-state index in [-0.39, 0.29) is 24.7 Å². The minimum Gasteiger partial charge on any atom is -0.744 e. The Morgan fingerprint density at radius 3 is 2.03 bits per heavy atom. The van der Waals surface area contributed by atoms with Gasteiger partial charge in [-0.2, -0.15) is 0 Å². The van der Waals surface area contributed by atoms with Crippen LogP contribution in [0.25, 0.3) is 5.57 Å². The number of allylic oxidation sites excluding steroid dienone is 5. The van der Waals surface area contributed by atoms with Crippen LogP contribution in [0.1, 0.15) is 24.5 Å². The minimum absolute atomic E-state index is 0.0315. The molecule has 1 aliphatic carbocycles. The minimum atomic E-state index is -4.74. The summed E-state index contributed by atoms with van der Waals surface area (Å²) in [5, 5.41) is 28.2. The van der Waals surface area contributed by atoms with Crippen molar-refractivity contribution in [2.24, 2.45) is 0 Å². The zero-order valence-electron chi connectivity index (χ0n) is 21.0. The average Bonchev–Trinajstić information content (AvgIpc) is 2.89. The van der Waals surface area contributed by atoms with Crippen LogP contribution in [0.5, 0.6) is 0 Å². The molecule has 0 heterocycles. The molecule has 0 unspecified atom stereocenters. The first-order valence-corrected chi connectivity index (χ1v) is 13.7. The van der Waals surface area contributed by atoms with Gasteiger partial charge < -0.3 is 24.8 Å². The Bertz CT molecular complexity index is 1260. The van der Waals surface area contributed by atoms with E-state index in [0.717, 1.165) is 29.9 Å². The molecule has 0 radical (unpaired) electrons. The van der Waals surface area contributed by atoms with E-state index in [4.69, 9.17) is 0 Å². The van der Waals surface area contributed by atoms with Crippen molar-refractivity contribution >= 4 is 27.1 Å². The Kier molecular flexibility index (Phi) is 10.4. The van der Waals surface area contributed by atoms with Gasteiger partial charge in [0.05, 0.1) is 18.1 Å². The fraction of sp³-hybridized carbons (Fsp3) is 0.321. The van der Waals surface area contributed by atoms with Gasteiger partial charge in [0, 0.05) is 42.9 Å². The summed E-state index contributed by atoms with van der Waals surface area (Å²) in [4.78, 5) is 1.55. The fourth-order valence-electron chi connectivity index (χ4n) is 4.42. The topological polar surface area (TPSA) is 124 Å². The van der Waals surface area contributed by atoms with E-state index in [9.17, 15) is 28.3 Å². The number of nitrogens with zero attached hydrogens (tertiary/aromatic N) is 2. The molecule has 0 amide bonds. The molecule has 0 aromatic heterocycles. The largest absolute Gasteiger partial charge is 0.744 e. The Morgan fingerprint density at radius 2 is 1.49 bits per heavy atom. The lowest BCUT2D eigenvalue weighted by Gasteiger charge is -2.24. The van der Waals surface area contributed by atoms with Gasteiger partial charge in [0.2, 0.25) is 0 Å². The molecular weight excluding hydrogens is 492 g/mol. The van der Waals surface area contributed by atoms with Crippen molar-refractivity contribution in [1.82, 2.24) is 0 Å². The lowest BCUT2D eigenvalue weighted by atomic mass is 9.90. The third-order valence-corrected chi connectivity index (χ3v) is 6.97. The molecule has 8 nitrogen and oxygen atoms in total. The molecule has 0 fully saturated rings. The number of aliphatic hydroxyl groups excluding tert-OH is 3. The Balaban J connectivity index is 2.18. The number of rotatable bonds is 12. The summed E-state index contributed by atoms with van der Waals surface area (Å²) in [6.45, 7) is 3.97. The molecule has 2 aromatic carbocycles. The van der Waals surface area contributed by atoms with Crippen molar-refractivity contribution in [2.75, 3.05) is 50.9 Å². The smallest absolute Gasteiger partial charge is 0.200 e. The molecule has 9 heteroatoms. The van der Waals surface area contributed by atoms with E-state index in [0.29, 0.717) is 36.3 Å². The van der Waals surface area contributed by atoms with Gasteiger partial charge >= 0.3 is 0 Å². The van der Waals surface area contributed by atoms with Gasteiger partial charge in [-0.05, 0) is 47.1 Å². The monoisotopic (exact) mass is 526 g/mol. The molecule has 198 valence electrons. The second-order valence-corrected chi connectivity index (χ2v) is 9.91. The van der Waals surface area contributed by atoms with Gasteiger partial charge in [-0.3, -0.25) is 0 Å². The van der Waals surface area contributed by atoms with Crippen molar-refractivity contribution in [3.8, 4) is 0 Å². The lowest BCUT2D eigenvalue weighted by molar-refractivity contribution is -0.528. The molecule has 37 heavy (non-hydrogen) atoms. The molecule has 3 rings (SSSR count). The highest BCUT2D eigenvalue weighted by atomic mass is 32.2. The van der Waals surface area contributed by atoms with E-state index >= 15 is 0 Å². The third-order valence-electron chi connectivity index (χ3n) is 6.07. The van der Waals surface area contributed by atoms with Crippen LogP contribution < -0.4 is 4.90 Å². The molecule has 0 bridgehead atoms. The van der Waals surface area contributed by atoms with Crippen LogP contribution in [0, 0.1) is 0 Å². The molecule has 0 spiro atoms. The predicted molar refractivity (Wildman–Crippen MR) is 144 cm³/mol. The summed E-state index contributed by atoms with van der Waals surface area (Å²) in [7, 11) is -4.74. The summed E-state index contributed by atoms with van der Waals surface area (Å²) >= 11 is 0. The van der Waals surface area contributed by atoms with Gasteiger partial charge in [-0.15, -0.1) is 0 Å². The predicted octanol–water partition coefficient (Wildman–Crippen LogP) is 2.17. The average molecular weight is 527 g/mol. The molecule has 3 N–H and O–H groups in total. The number of hydrogen-bond acceptors (Lipinski definition) is 7. The van der Waals surface area contributed by atoms with Gasteiger partial charge in [0.25, 0.3) is 0 Å². The number of anilines is 1. The standard InChI is InChI=1S/C28H34N2O6S/c1-2-15-29(16-19-31)24-11-7-22(8-12-24)28(26-5-3-4-6-27(26)37(34,35)36)23-9-13-25(14-10-23)30(17-20-32)18-21-33/h3-14,31-33H,2,15-21H2,1H3. The third kappa shape index (κ3) is 7.24. The number of benzene rings is 2. The maximum absolute atomic E-state index is 12.1. The molecular formula is C28H34N2O6S. The first-order valence-electron chi connectivity index (χ1n) is 12.3. The summed E-state index contributed by atoms with van der Waals surface area (Å²) in [6.07, 6.45) is 8.54. The van der Waals surface area contributed by atoms with Gasteiger partial charge in [0.15, 0.2) is 12.3 Å². The van der Waals surface area contributed by atoms with Crippen LogP contribution in [-0.4, -0.2) is 84.6 Å². The summed E-state index contributed by atoms with van der Waals surface area (Å²) in [5.41, 5.74) is 4.07. The highest BCUT2D eigenvalue weighted by Crippen LogP contribution is 2.34. The van der Waals surface area contributed by atoms with Crippen LogP contribution in [-0.2, 0) is 10.1 Å². The van der Waals surface area contributed by atoms with Crippen molar-refractivity contribution in [2.45, 2.75) is 18.2 Å². The van der Waals surface area contributed by atoms with Gasteiger partial charge in [0.1, 0.15) is 23.3 Å². The Morgan fingerprint density at radius 1 is 0.865 bits per heavy atom. The first-order chi connectivity index (χ1) is 17.8. The van der Waals surface area contributed by atoms with Gasteiger partial charge in [-0.1, -0.05) is 37.3 Å². The zero-order valence-corrected chi connectivity index (χ0v) is 21.8. The number of aliphatic hydroxyl groups is 3. The van der Waals surface area contributed by atoms with Crippen LogP contribution in [0.3, 0.4) is 0 Å². The van der Waals surface area contributed by atoms with Crippen molar-refractivity contribution < 1.29 is 32.9 Å². The Hall–Kier alpha value is -3.08. The van der Waals surface area contributed by atoms with E-state index in [2.05, 4.69) is 11.5 Å². The molecule has 0 saturated carbocycles. The summed E-state index contributed by atoms with van der Waals surface area (Å²) < 4.78 is 38.5. The number of hydrogen-bond donors (Lipinski definition) is 3. The van der Waals surface area contributed by atoms with E-state index in [1.165, 1.54) is 12.1 Å². The van der Waals surface area contributed by atoms with Crippen molar-refractivity contribution in [3.05, 3.63) is 89.5 Å². The fourth-order valence-corrected chi connectivity index (χ4v) is 5.10. The normalized spacial score (nSPS) is 13.2. The highest BCUT2D eigenvalue weighted by Gasteiger charge is 2.19. The maximum atomic E-state index is 12.1. The lowest BCUT2D eigenvalue weighted by Crippen LogP contribution is -2.29. The highest BCUT2D eigenvalue weighted by molar-refractivity contribution is 7.85. The zero-order chi connectivity index (χ0) is 26.8. The van der Waals surface area contributed by atoms with E-state index < -0.39 is 10.1 Å². The molecule has 2 aromatic rings. The second-order valence-electron chi connectivity index (χ2n) is 8.56. The second kappa shape index (κ2) is 13.5. The maximum Gasteiger partial charge on any atom is 0.200 e. The van der Waals surface area contributed by atoms with Crippen molar-refractivity contribution in [1.29, 1.82) is 0 Å². The molecule has 0 saturated heterocycles. The van der Waals surface area contributed by atoms with Gasteiger partial charge in [-0.25, -0.2) is 13.0 Å². The van der Waals surface area contributed by atoms with E-state index in [1.807, 2.05) is 53.5 Å². The molecule has 1 aliphatic rings. The van der Waals surface area contributed by atoms with E-state index in [1.54, 1.807) is 12.1 Å². The molecule has 0 atom stereocenters. The summed E-state index contributed by atoms with van der Waals surface area (Å²) in [6, 6.07) is 13.5. The summed E-state index contributed by atoms with van der Waals surface area (Å²) in [5.74, 6) is 0.